The molecule has 5 aliphatic heterocycles. The summed E-state index contributed by atoms with van der Waals surface area (Å²) < 4.78 is 21.2. The molecule has 16 heteroatoms. The molecule has 3 saturated heterocycles. The molecule has 57 heavy (non-hydrogen) atoms. The van der Waals surface area contributed by atoms with Crippen molar-refractivity contribution < 1.29 is 23.5 Å². The summed E-state index contributed by atoms with van der Waals surface area (Å²) in [5.41, 5.74) is 7.76. The average molecular weight is 776 g/mol. The number of carbonyl (C=O) groups excluding carboxylic acids is 3. The van der Waals surface area contributed by atoms with Gasteiger partial charge in [-0.25, -0.2) is 24.1 Å². The fourth-order valence-corrected chi connectivity index (χ4v) is 8.54. The first-order valence-corrected chi connectivity index (χ1v) is 19.7. The van der Waals surface area contributed by atoms with Crippen molar-refractivity contribution >= 4 is 52.2 Å². The summed E-state index contributed by atoms with van der Waals surface area (Å²) in [6, 6.07) is 12.8. The topological polar surface area (TPSA) is 151 Å². The van der Waals surface area contributed by atoms with Gasteiger partial charge in [0.25, 0.3) is 0 Å². The van der Waals surface area contributed by atoms with E-state index in [-0.39, 0.29) is 30.3 Å². The third-order valence-corrected chi connectivity index (χ3v) is 11.8. The van der Waals surface area contributed by atoms with Gasteiger partial charge in [0, 0.05) is 99.7 Å². The zero-order valence-corrected chi connectivity index (χ0v) is 32.1. The number of aromatic nitrogens is 3. The number of fused-ring (bicyclic) bond motifs is 2. The Kier molecular flexibility index (Phi) is 9.72. The summed E-state index contributed by atoms with van der Waals surface area (Å²) in [7, 11) is 0. The van der Waals surface area contributed by atoms with Crippen LogP contribution in [-0.2, 0) is 29.0 Å². The summed E-state index contributed by atoms with van der Waals surface area (Å²) in [5, 5.41) is 8.93. The zero-order chi connectivity index (χ0) is 39.2. The standard InChI is InChI=1S/C41H46FN11O4/c1-25-21-50(14-15-52(25)32-22-51(23-32)30-5-7-31(8-6-30)53-13-10-36(54)48-41(53)56)37(55)17-27-3-4-29(18-33(27)42)46-40-45-19-28-9-12-49(24-34(28)47-40)35-20-44-39-38(26(35)2)43-11-16-57-39/h3-8,18-20,25,32,43H,9-17,21-24H2,1-2H3,(H,45,46,47)(H,48,54,56)/t25-/m0/s1. The van der Waals surface area contributed by atoms with Gasteiger partial charge in [0.05, 0.1) is 30.5 Å². The van der Waals surface area contributed by atoms with Crippen molar-refractivity contribution in [2.24, 2.45) is 0 Å². The highest BCUT2D eigenvalue weighted by molar-refractivity contribution is 6.05. The minimum Gasteiger partial charge on any atom is -0.474 e. The van der Waals surface area contributed by atoms with Crippen LogP contribution in [0.15, 0.2) is 54.9 Å². The number of rotatable bonds is 8. The molecule has 3 fully saturated rings. The second kappa shape index (κ2) is 15.1. The van der Waals surface area contributed by atoms with Gasteiger partial charge >= 0.3 is 6.03 Å². The van der Waals surface area contributed by atoms with Crippen LogP contribution in [0.25, 0.3) is 0 Å². The Balaban J connectivity index is 0.760. The Bertz CT molecular complexity index is 2220. The van der Waals surface area contributed by atoms with Gasteiger partial charge in [-0.1, -0.05) is 6.07 Å². The molecule has 5 aliphatic rings. The van der Waals surface area contributed by atoms with Gasteiger partial charge < -0.3 is 30.1 Å². The van der Waals surface area contributed by atoms with E-state index in [4.69, 9.17) is 9.72 Å². The molecule has 7 heterocycles. The lowest BCUT2D eigenvalue weighted by molar-refractivity contribution is -0.134. The van der Waals surface area contributed by atoms with E-state index < -0.39 is 5.82 Å². The Labute approximate surface area is 330 Å². The summed E-state index contributed by atoms with van der Waals surface area (Å²) in [4.78, 5) is 61.4. The molecule has 15 nitrogen and oxygen atoms in total. The number of pyridine rings is 1. The highest BCUT2D eigenvalue weighted by atomic mass is 19.1. The molecule has 2 aromatic carbocycles. The summed E-state index contributed by atoms with van der Waals surface area (Å²) >= 11 is 0. The monoisotopic (exact) mass is 775 g/mol. The number of nitrogens with one attached hydrogen (secondary N) is 3. The van der Waals surface area contributed by atoms with E-state index in [2.05, 4.69) is 54.5 Å². The molecule has 2 aromatic heterocycles. The van der Waals surface area contributed by atoms with Crippen LogP contribution in [0.2, 0.25) is 0 Å². The molecule has 3 N–H and O–H groups in total. The smallest absolute Gasteiger partial charge is 0.328 e. The van der Waals surface area contributed by atoms with Gasteiger partial charge in [0.15, 0.2) is 0 Å². The minimum absolute atomic E-state index is 0.00871. The van der Waals surface area contributed by atoms with Crippen molar-refractivity contribution in [3.05, 3.63) is 83.1 Å². The third-order valence-electron chi connectivity index (χ3n) is 11.8. The van der Waals surface area contributed by atoms with Crippen molar-refractivity contribution in [2.75, 3.05) is 84.3 Å². The first kappa shape index (κ1) is 36.6. The number of halogens is 1. The van der Waals surface area contributed by atoms with Crippen molar-refractivity contribution in [3.63, 3.8) is 0 Å². The van der Waals surface area contributed by atoms with Gasteiger partial charge in [0.2, 0.25) is 23.6 Å². The third kappa shape index (κ3) is 7.36. The van der Waals surface area contributed by atoms with Crippen LogP contribution in [0.4, 0.5) is 43.6 Å². The normalized spacial score (nSPS) is 19.9. The van der Waals surface area contributed by atoms with Crippen LogP contribution >= 0.6 is 0 Å². The summed E-state index contributed by atoms with van der Waals surface area (Å²) in [5.74, 6) is 0.239. The van der Waals surface area contributed by atoms with Crippen molar-refractivity contribution in [1.82, 2.24) is 30.1 Å². The van der Waals surface area contributed by atoms with Crippen LogP contribution in [0.3, 0.4) is 0 Å². The molecule has 0 bridgehead atoms. The second-order valence-electron chi connectivity index (χ2n) is 15.4. The molecular weight excluding hydrogens is 730 g/mol. The molecule has 4 aromatic rings. The predicted octanol–water partition coefficient (Wildman–Crippen LogP) is 3.84. The van der Waals surface area contributed by atoms with Gasteiger partial charge in [-0.3, -0.25) is 24.7 Å². The van der Waals surface area contributed by atoms with Crippen molar-refractivity contribution in [3.8, 4) is 5.88 Å². The van der Waals surface area contributed by atoms with E-state index in [0.717, 1.165) is 78.7 Å². The van der Waals surface area contributed by atoms with E-state index in [0.29, 0.717) is 68.3 Å². The number of piperazine rings is 1. The number of hydrogen-bond acceptors (Lipinski definition) is 12. The quantitative estimate of drug-likeness (QED) is 0.239. The SMILES string of the molecule is Cc1c(N2CCc3cnc(Nc4ccc(CC(=O)N5CCN(C6CN(c7ccc(N8CCC(=O)NC8=O)cc7)C6)[C@@H](C)C5)c(F)c4)nc3C2)cnc2c1NCCO2. The van der Waals surface area contributed by atoms with Gasteiger partial charge in [-0.15, -0.1) is 0 Å². The lowest BCUT2D eigenvalue weighted by atomic mass is 10.0. The van der Waals surface area contributed by atoms with Crippen LogP contribution < -0.4 is 35.4 Å². The Morgan fingerprint density at radius 3 is 2.58 bits per heavy atom. The van der Waals surface area contributed by atoms with Gasteiger partial charge in [0.1, 0.15) is 18.1 Å². The van der Waals surface area contributed by atoms with Crippen molar-refractivity contribution in [1.29, 1.82) is 0 Å². The molecule has 296 valence electrons. The average Bonchev–Trinajstić information content (AvgIpc) is 3.19. The number of carbonyl (C=O) groups is 3. The number of imide groups is 1. The summed E-state index contributed by atoms with van der Waals surface area (Å²) in [6.45, 7) is 11.0. The first-order chi connectivity index (χ1) is 27.7. The largest absolute Gasteiger partial charge is 0.474 e. The minimum atomic E-state index is -0.450. The Morgan fingerprint density at radius 2 is 1.79 bits per heavy atom. The molecule has 1 atom stereocenters. The van der Waals surface area contributed by atoms with Crippen LogP contribution in [-0.4, -0.2) is 114 Å². The number of benzene rings is 2. The maximum absolute atomic E-state index is 15.4. The Hall–Kier alpha value is -6.03. The predicted molar refractivity (Wildman–Crippen MR) is 214 cm³/mol. The molecule has 0 aliphatic carbocycles. The molecule has 4 amide bonds. The lowest BCUT2D eigenvalue weighted by Crippen LogP contribution is -2.66. The maximum Gasteiger partial charge on any atom is 0.328 e. The number of ether oxygens (including phenoxy) is 1. The number of urea groups is 1. The highest BCUT2D eigenvalue weighted by Crippen LogP contribution is 2.36. The van der Waals surface area contributed by atoms with Crippen LogP contribution in [0.5, 0.6) is 5.88 Å². The molecule has 0 spiro atoms. The molecule has 9 rings (SSSR count). The number of nitrogens with zero attached hydrogens (tertiary/aromatic N) is 8. The molecular formula is C41H46FN11O4. The van der Waals surface area contributed by atoms with Gasteiger partial charge in [-0.2, -0.15) is 0 Å². The van der Waals surface area contributed by atoms with E-state index in [1.807, 2.05) is 41.6 Å². The number of amides is 4. The fraction of sp³-hybridized carbons (Fsp3) is 0.415. The Morgan fingerprint density at radius 1 is 0.965 bits per heavy atom. The first-order valence-electron chi connectivity index (χ1n) is 19.7. The van der Waals surface area contributed by atoms with E-state index >= 15 is 4.39 Å². The molecule has 0 radical (unpaired) electrons. The van der Waals surface area contributed by atoms with E-state index in [1.54, 1.807) is 17.0 Å². The van der Waals surface area contributed by atoms with Crippen LogP contribution in [0, 0.1) is 12.7 Å². The number of hydrogen-bond donors (Lipinski definition) is 3. The van der Waals surface area contributed by atoms with Crippen molar-refractivity contribution in [2.45, 2.75) is 51.7 Å². The second-order valence-corrected chi connectivity index (χ2v) is 15.4. The fourth-order valence-electron chi connectivity index (χ4n) is 8.54. The molecule has 0 unspecified atom stereocenters. The highest BCUT2D eigenvalue weighted by Gasteiger charge is 2.38. The zero-order valence-electron chi connectivity index (χ0n) is 32.1. The summed E-state index contributed by atoms with van der Waals surface area (Å²) in [6.07, 6.45) is 4.78. The van der Waals surface area contributed by atoms with Crippen LogP contribution in [0.1, 0.15) is 35.7 Å². The molecule has 0 saturated carbocycles. The number of anilines is 6. The maximum atomic E-state index is 15.4. The van der Waals surface area contributed by atoms with E-state index in [1.165, 1.54) is 6.07 Å². The van der Waals surface area contributed by atoms with E-state index in [9.17, 15) is 14.4 Å². The van der Waals surface area contributed by atoms with Gasteiger partial charge in [-0.05, 0) is 67.8 Å². The lowest BCUT2D eigenvalue weighted by Gasteiger charge is -2.51.